The maximum absolute atomic E-state index is 14.0. The van der Waals surface area contributed by atoms with E-state index < -0.39 is 11.7 Å². The van der Waals surface area contributed by atoms with Gasteiger partial charge >= 0.3 is 0 Å². The van der Waals surface area contributed by atoms with E-state index in [9.17, 15) is 9.18 Å². The number of ether oxygens (including phenoxy) is 1. The standard InChI is InChI=1S/C22H18FN3O3/c1-14-8-10-20(29-14)21-17(13-26(25-21)16-6-4-3-5-7-16)22(27)24-15-9-11-19(28-2)18(23)12-15/h3-13H,1-2H3,(H,24,27). The molecule has 4 aromatic rings. The van der Waals surface area contributed by atoms with Crippen molar-refractivity contribution in [2.75, 3.05) is 12.4 Å². The zero-order valence-electron chi connectivity index (χ0n) is 15.8. The largest absolute Gasteiger partial charge is 0.494 e. The van der Waals surface area contributed by atoms with Gasteiger partial charge in [-0.2, -0.15) is 5.10 Å². The van der Waals surface area contributed by atoms with Crippen LogP contribution >= 0.6 is 0 Å². The lowest BCUT2D eigenvalue weighted by Crippen LogP contribution is -2.12. The number of benzene rings is 2. The number of aromatic nitrogens is 2. The molecule has 1 N–H and O–H groups in total. The molecule has 0 bridgehead atoms. The minimum atomic E-state index is -0.563. The van der Waals surface area contributed by atoms with Crippen LogP contribution in [0.1, 0.15) is 16.1 Å². The van der Waals surface area contributed by atoms with Crippen LogP contribution in [0.25, 0.3) is 17.1 Å². The van der Waals surface area contributed by atoms with E-state index in [0.29, 0.717) is 28.5 Å². The summed E-state index contributed by atoms with van der Waals surface area (Å²) in [7, 11) is 1.38. The maximum atomic E-state index is 14.0. The molecule has 0 saturated heterocycles. The first-order valence-corrected chi connectivity index (χ1v) is 8.92. The zero-order valence-corrected chi connectivity index (χ0v) is 15.8. The highest BCUT2D eigenvalue weighted by Gasteiger charge is 2.21. The molecule has 0 saturated carbocycles. The second kappa shape index (κ2) is 7.63. The van der Waals surface area contributed by atoms with Gasteiger partial charge in [-0.05, 0) is 43.3 Å². The van der Waals surface area contributed by atoms with Gasteiger partial charge in [0.1, 0.15) is 11.5 Å². The van der Waals surface area contributed by atoms with Crippen molar-refractivity contribution in [1.29, 1.82) is 0 Å². The van der Waals surface area contributed by atoms with E-state index in [1.54, 1.807) is 29.1 Å². The molecule has 0 aliphatic heterocycles. The SMILES string of the molecule is COc1ccc(NC(=O)c2cn(-c3ccccc3)nc2-c2ccc(C)o2)cc1F. The predicted octanol–water partition coefficient (Wildman–Crippen LogP) is 4.84. The fourth-order valence-corrected chi connectivity index (χ4v) is 2.94. The van der Waals surface area contributed by atoms with Crippen LogP contribution in [0, 0.1) is 12.7 Å². The highest BCUT2D eigenvalue weighted by molar-refractivity contribution is 6.07. The zero-order chi connectivity index (χ0) is 20.4. The number of nitrogens with one attached hydrogen (secondary N) is 1. The van der Waals surface area contributed by atoms with Crippen molar-refractivity contribution >= 4 is 11.6 Å². The fourth-order valence-electron chi connectivity index (χ4n) is 2.94. The Morgan fingerprint density at radius 2 is 1.93 bits per heavy atom. The Kier molecular flexibility index (Phi) is 4.87. The van der Waals surface area contributed by atoms with Crippen LogP contribution in [0.4, 0.5) is 10.1 Å². The van der Waals surface area contributed by atoms with Crippen LogP contribution in [0.5, 0.6) is 5.75 Å². The highest BCUT2D eigenvalue weighted by atomic mass is 19.1. The van der Waals surface area contributed by atoms with E-state index in [2.05, 4.69) is 10.4 Å². The first kappa shape index (κ1) is 18.5. The topological polar surface area (TPSA) is 69.3 Å². The third kappa shape index (κ3) is 3.75. The molecule has 0 unspecified atom stereocenters. The van der Waals surface area contributed by atoms with Gasteiger partial charge in [-0.15, -0.1) is 0 Å². The molecular weight excluding hydrogens is 373 g/mol. The van der Waals surface area contributed by atoms with Gasteiger partial charge in [0, 0.05) is 18.0 Å². The average Bonchev–Trinajstić information content (AvgIpc) is 3.35. The van der Waals surface area contributed by atoms with Gasteiger partial charge in [0.2, 0.25) is 0 Å². The van der Waals surface area contributed by atoms with Gasteiger partial charge in [-0.3, -0.25) is 4.79 Å². The Morgan fingerprint density at radius 1 is 1.14 bits per heavy atom. The van der Waals surface area contributed by atoms with Gasteiger partial charge in [0.05, 0.1) is 18.4 Å². The average molecular weight is 391 g/mol. The second-order valence-electron chi connectivity index (χ2n) is 6.39. The number of aryl methyl sites for hydroxylation is 1. The molecule has 4 rings (SSSR count). The van der Waals surface area contributed by atoms with Crippen molar-refractivity contribution < 1.29 is 18.3 Å². The van der Waals surface area contributed by atoms with E-state index in [-0.39, 0.29) is 5.75 Å². The number of carbonyl (C=O) groups excluding carboxylic acids is 1. The summed E-state index contributed by atoms with van der Waals surface area (Å²) in [6.07, 6.45) is 1.62. The van der Waals surface area contributed by atoms with Gasteiger partial charge < -0.3 is 14.5 Å². The minimum Gasteiger partial charge on any atom is -0.494 e. The third-order valence-corrected chi connectivity index (χ3v) is 4.36. The molecule has 2 aromatic carbocycles. The Hall–Kier alpha value is -3.87. The van der Waals surface area contributed by atoms with Crippen molar-refractivity contribution in [3.63, 3.8) is 0 Å². The molecule has 0 spiro atoms. The number of furan rings is 1. The minimum absolute atomic E-state index is 0.103. The fraction of sp³-hybridized carbons (Fsp3) is 0.0909. The van der Waals surface area contributed by atoms with Crippen molar-refractivity contribution in [2.45, 2.75) is 6.92 Å². The normalized spacial score (nSPS) is 10.7. The smallest absolute Gasteiger partial charge is 0.259 e. The van der Waals surface area contributed by atoms with Gasteiger partial charge in [0.25, 0.3) is 5.91 Å². The number of para-hydroxylation sites is 1. The number of amides is 1. The number of halogens is 1. The van der Waals surface area contributed by atoms with Crippen LogP contribution in [0.2, 0.25) is 0 Å². The number of carbonyl (C=O) groups is 1. The second-order valence-corrected chi connectivity index (χ2v) is 6.39. The van der Waals surface area contributed by atoms with Crippen LogP contribution in [0.15, 0.2) is 71.3 Å². The van der Waals surface area contributed by atoms with Crippen molar-refractivity contribution in [3.8, 4) is 22.9 Å². The summed E-state index contributed by atoms with van der Waals surface area (Å²) in [5.41, 5.74) is 1.81. The van der Waals surface area contributed by atoms with Gasteiger partial charge in [0.15, 0.2) is 17.3 Å². The van der Waals surface area contributed by atoms with E-state index >= 15 is 0 Å². The quantitative estimate of drug-likeness (QED) is 0.528. The number of anilines is 1. The van der Waals surface area contributed by atoms with Crippen LogP contribution in [-0.4, -0.2) is 22.8 Å². The Labute approximate surface area is 166 Å². The number of hydrogen-bond acceptors (Lipinski definition) is 4. The molecule has 0 aliphatic carbocycles. The first-order valence-electron chi connectivity index (χ1n) is 8.92. The van der Waals surface area contributed by atoms with E-state index in [1.807, 2.05) is 37.3 Å². The highest BCUT2D eigenvalue weighted by Crippen LogP contribution is 2.27. The van der Waals surface area contributed by atoms with Gasteiger partial charge in [-0.1, -0.05) is 18.2 Å². The molecular formula is C22H18FN3O3. The summed E-state index contributed by atoms with van der Waals surface area (Å²) in [6, 6.07) is 17.2. The van der Waals surface area contributed by atoms with Crippen molar-refractivity contribution in [3.05, 3.63) is 84.0 Å². The Morgan fingerprint density at radius 3 is 2.59 bits per heavy atom. The summed E-state index contributed by atoms with van der Waals surface area (Å²) in [5, 5.41) is 7.24. The molecule has 29 heavy (non-hydrogen) atoms. The van der Waals surface area contributed by atoms with Gasteiger partial charge in [-0.25, -0.2) is 9.07 Å². The van der Waals surface area contributed by atoms with E-state index in [1.165, 1.54) is 19.2 Å². The summed E-state index contributed by atoms with van der Waals surface area (Å²) in [6.45, 7) is 1.82. The molecule has 2 heterocycles. The van der Waals surface area contributed by atoms with Crippen LogP contribution in [-0.2, 0) is 0 Å². The molecule has 6 nitrogen and oxygen atoms in total. The van der Waals surface area contributed by atoms with Crippen LogP contribution < -0.4 is 10.1 Å². The monoisotopic (exact) mass is 391 g/mol. The molecule has 146 valence electrons. The Bertz CT molecular complexity index is 1170. The summed E-state index contributed by atoms with van der Waals surface area (Å²) in [5.74, 6) is 0.292. The lowest BCUT2D eigenvalue weighted by Gasteiger charge is -2.07. The van der Waals surface area contributed by atoms with E-state index in [4.69, 9.17) is 9.15 Å². The Balaban J connectivity index is 1.72. The summed E-state index contributed by atoms with van der Waals surface area (Å²) in [4.78, 5) is 13.0. The lowest BCUT2D eigenvalue weighted by molar-refractivity contribution is 0.102. The molecule has 0 radical (unpaired) electrons. The summed E-state index contributed by atoms with van der Waals surface area (Å²) >= 11 is 0. The number of nitrogens with zero attached hydrogens (tertiary/aromatic N) is 2. The van der Waals surface area contributed by atoms with E-state index in [0.717, 1.165) is 5.69 Å². The molecule has 0 aliphatic rings. The first-order chi connectivity index (χ1) is 14.0. The van der Waals surface area contributed by atoms with Crippen molar-refractivity contribution in [1.82, 2.24) is 9.78 Å². The number of rotatable bonds is 5. The predicted molar refractivity (Wildman–Crippen MR) is 107 cm³/mol. The third-order valence-electron chi connectivity index (χ3n) is 4.36. The molecule has 1 amide bonds. The summed E-state index contributed by atoms with van der Waals surface area (Å²) < 4.78 is 26.2. The molecule has 0 fully saturated rings. The molecule has 2 aromatic heterocycles. The lowest BCUT2D eigenvalue weighted by atomic mass is 10.2. The molecule has 7 heteroatoms. The number of hydrogen-bond donors (Lipinski definition) is 1. The van der Waals surface area contributed by atoms with Crippen LogP contribution in [0.3, 0.4) is 0 Å². The number of methoxy groups -OCH3 is 1. The van der Waals surface area contributed by atoms with Crippen molar-refractivity contribution in [2.24, 2.45) is 0 Å². The maximum Gasteiger partial charge on any atom is 0.259 e. The molecule has 0 atom stereocenters.